The lowest BCUT2D eigenvalue weighted by Crippen LogP contribution is -1.88. The first-order valence-electron chi connectivity index (χ1n) is 10.8. The lowest BCUT2D eigenvalue weighted by atomic mass is 10.0. The predicted octanol–water partition coefficient (Wildman–Crippen LogP) is 10.2. The standard InChI is InChI=1S/C13H22.C9H11Br.C6H12/c1-10(2)7-8-12(5)9-13(6)11(3)4;1-3-8-6-9(10)5-4-7(8)2;1-4-5-6(2)3/h7-9,11H,1-6H3;4-6H,3H2,1-2H3;5H,4H2,1-3H3/b12-8-,13-9+;;. The lowest BCUT2D eigenvalue weighted by Gasteiger charge is -2.04. The van der Waals surface area contributed by atoms with Crippen LogP contribution in [-0.2, 0) is 6.42 Å². The van der Waals surface area contributed by atoms with E-state index in [1.54, 1.807) is 0 Å². The molecule has 0 nitrogen and oxygen atoms in total. The summed E-state index contributed by atoms with van der Waals surface area (Å²) in [5.41, 5.74) is 8.33. The normalized spacial score (nSPS) is 11.1. The summed E-state index contributed by atoms with van der Waals surface area (Å²) >= 11 is 3.44. The van der Waals surface area contributed by atoms with Crippen molar-refractivity contribution >= 4 is 15.9 Å². The zero-order valence-electron chi connectivity index (χ0n) is 20.9. The molecule has 0 bridgehead atoms. The summed E-state index contributed by atoms with van der Waals surface area (Å²) in [5.74, 6) is 0.648. The Kier molecular flexibility index (Phi) is 18.0. The van der Waals surface area contributed by atoms with Gasteiger partial charge in [0.2, 0.25) is 0 Å². The fourth-order valence-electron chi connectivity index (χ4n) is 2.30. The Morgan fingerprint density at radius 2 is 1.52 bits per heavy atom. The van der Waals surface area contributed by atoms with Gasteiger partial charge in [0, 0.05) is 4.47 Å². The number of hydrogen-bond donors (Lipinski definition) is 0. The zero-order chi connectivity index (χ0) is 23.0. The molecule has 0 N–H and O–H groups in total. The Morgan fingerprint density at radius 3 is 1.86 bits per heavy atom. The summed E-state index contributed by atoms with van der Waals surface area (Å²) in [4.78, 5) is 0. The van der Waals surface area contributed by atoms with E-state index >= 15 is 0 Å². The van der Waals surface area contributed by atoms with Crippen molar-refractivity contribution in [2.75, 3.05) is 0 Å². The molecule has 1 heteroatoms. The molecule has 0 saturated heterocycles. The van der Waals surface area contributed by atoms with Crippen LogP contribution in [0.2, 0.25) is 0 Å². The first-order valence-corrected chi connectivity index (χ1v) is 11.6. The third kappa shape index (κ3) is 18.4. The van der Waals surface area contributed by atoms with Crippen LogP contribution in [0.1, 0.15) is 86.8 Å². The van der Waals surface area contributed by atoms with Crippen LogP contribution in [0.5, 0.6) is 0 Å². The highest BCUT2D eigenvalue weighted by Crippen LogP contribution is 2.16. The van der Waals surface area contributed by atoms with Crippen LogP contribution >= 0.6 is 15.9 Å². The highest BCUT2D eigenvalue weighted by Gasteiger charge is 1.95. The van der Waals surface area contributed by atoms with Crippen molar-refractivity contribution in [3.8, 4) is 0 Å². The lowest BCUT2D eigenvalue weighted by molar-refractivity contribution is 0.768. The second kappa shape index (κ2) is 17.5. The monoisotopic (exact) mass is 460 g/mol. The first-order chi connectivity index (χ1) is 13.4. The molecule has 0 aliphatic carbocycles. The highest BCUT2D eigenvalue weighted by atomic mass is 79.9. The van der Waals surface area contributed by atoms with Crippen LogP contribution in [0.4, 0.5) is 0 Å². The van der Waals surface area contributed by atoms with Crippen LogP contribution in [-0.4, -0.2) is 0 Å². The maximum atomic E-state index is 3.44. The number of rotatable bonds is 5. The smallest absolute Gasteiger partial charge is 0.0178 e. The molecule has 0 atom stereocenters. The maximum absolute atomic E-state index is 3.44. The molecule has 0 spiro atoms. The van der Waals surface area contributed by atoms with Crippen LogP contribution in [0.15, 0.2) is 69.3 Å². The summed E-state index contributed by atoms with van der Waals surface area (Å²) in [7, 11) is 0. The van der Waals surface area contributed by atoms with Crippen LogP contribution in [0, 0.1) is 12.8 Å². The van der Waals surface area contributed by atoms with E-state index in [9.17, 15) is 0 Å². The van der Waals surface area contributed by atoms with E-state index in [0.717, 1.165) is 6.42 Å². The number of allylic oxidation sites excluding steroid dienone is 8. The molecule has 0 saturated carbocycles. The quantitative estimate of drug-likeness (QED) is 0.302. The molecular weight excluding hydrogens is 416 g/mol. The Morgan fingerprint density at radius 1 is 0.931 bits per heavy atom. The van der Waals surface area contributed by atoms with Gasteiger partial charge in [-0.3, -0.25) is 0 Å². The zero-order valence-corrected chi connectivity index (χ0v) is 22.5. The van der Waals surface area contributed by atoms with Gasteiger partial charge in [0.15, 0.2) is 0 Å². The Labute approximate surface area is 191 Å². The molecule has 0 fully saturated rings. The molecule has 1 aromatic carbocycles. The van der Waals surface area contributed by atoms with Gasteiger partial charge in [-0.25, -0.2) is 0 Å². The van der Waals surface area contributed by atoms with Crippen LogP contribution in [0.25, 0.3) is 0 Å². The molecular formula is C28H45Br. The van der Waals surface area contributed by atoms with Crippen molar-refractivity contribution in [2.45, 2.75) is 89.0 Å². The largest absolute Gasteiger partial charge is 0.0862 e. The van der Waals surface area contributed by atoms with Crippen molar-refractivity contribution in [3.05, 3.63) is 80.4 Å². The fourth-order valence-corrected chi connectivity index (χ4v) is 2.71. The highest BCUT2D eigenvalue weighted by molar-refractivity contribution is 9.10. The molecule has 0 aliphatic rings. The molecule has 0 unspecified atom stereocenters. The first kappa shape index (κ1) is 29.9. The van der Waals surface area contributed by atoms with E-state index in [4.69, 9.17) is 0 Å². The molecule has 1 rings (SSSR count). The molecule has 164 valence electrons. The second-order valence-electron chi connectivity index (χ2n) is 8.31. The summed E-state index contributed by atoms with van der Waals surface area (Å²) < 4.78 is 1.18. The van der Waals surface area contributed by atoms with Crippen molar-refractivity contribution in [1.29, 1.82) is 0 Å². The van der Waals surface area contributed by atoms with Gasteiger partial charge in [0.25, 0.3) is 0 Å². The van der Waals surface area contributed by atoms with E-state index in [1.165, 1.54) is 44.3 Å². The van der Waals surface area contributed by atoms with Gasteiger partial charge in [-0.05, 0) is 90.5 Å². The van der Waals surface area contributed by atoms with Gasteiger partial charge in [-0.15, -0.1) is 0 Å². The maximum Gasteiger partial charge on any atom is 0.0178 e. The van der Waals surface area contributed by atoms with Crippen LogP contribution in [0.3, 0.4) is 0 Å². The SMILES string of the molecule is CC(C)=C/C=C(C)\C=C(/C)C(C)C.CCC=C(C)C.CCc1cc(Br)ccc1C. The minimum atomic E-state index is 0.648. The number of hydrogen-bond acceptors (Lipinski definition) is 0. The minimum absolute atomic E-state index is 0.648. The van der Waals surface area contributed by atoms with E-state index in [1.807, 2.05) is 0 Å². The van der Waals surface area contributed by atoms with Gasteiger partial charge >= 0.3 is 0 Å². The van der Waals surface area contributed by atoms with Gasteiger partial charge in [-0.2, -0.15) is 0 Å². The molecule has 0 heterocycles. The second-order valence-corrected chi connectivity index (χ2v) is 9.23. The molecule has 0 aromatic heterocycles. The Bertz CT molecular complexity index is 689. The van der Waals surface area contributed by atoms with Gasteiger partial charge in [0.1, 0.15) is 0 Å². The summed E-state index contributed by atoms with van der Waals surface area (Å²) in [6.45, 7) is 23.7. The number of benzene rings is 1. The predicted molar refractivity (Wildman–Crippen MR) is 140 cm³/mol. The molecule has 0 radical (unpaired) electrons. The van der Waals surface area contributed by atoms with Crippen molar-refractivity contribution in [1.82, 2.24) is 0 Å². The minimum Gasteiger partial charge on any atom is -0.0862 e. The van der Waals surface area contributed by atoms with Crippen molar-refractivity contribution in [3.63, 3.8) is 0 Å². The Hall–Kier alpha value is -1.34. The summed E-state index contributed by atoms with van der Waals surface area (Å²) in [5, 5.41) is 0. The summed E-state index contributed by atoms with van der Waals surface area (Å²) in [6, 6.07) is 6.40. The fraction of sp³-hybridized carbons (Fsp3) is 0.500. The molecule has 0 aliphatic heterocycles. The van der Waals surface area contributed by atoms with Gasteiger partial charge in [-0.1, -0.05) is 96.3 Å². The average molecular weight is 462 g/mol. The average Bonchev–Trinajstić information content (AvgIpc) is 2.62. The Balaban J connectivity index is 0. The summed E-state index contributed by atoms with van der Waals surface area (Å²) in [6.07, 6.45) is 11.1. The van der Waals surface area contributed by atoms with E-state index in [2.05, 4.69) is 135 Å². The number of aryl methyl sites for hydroxylation is 2. The van der Waals surface area contributed by atoms with E-state index in [-0.39, 0.29) is 0 Å². The van der Waals surface area contributed by atoms with Gasteiger partial charge in [0.05, 0.1) is 0 Å². The van der Waals surface area contributed by atoms with Crippen molar-refractivity contribution < 1.29 is 0 Å². The number of halogens is 1. The van der Waals surface area contributed by atoms with Crippen molar-refractivity contribution in [2.24, 2.45) is 5.92 Å². The third-order valence-electron chi connectivity index (χ3n) is 4.35. The molecule has 29 heavy (non-hydrogen) atoms. The topological polar surface area (TPSA) is 0 Å². The van der Waals surface area contributed by atoms with Gasteiger partial charge < -0.3 is 0 Å². The molecule has 0 amide bonds. The van der Waals surface area contributed by atoms with E-state index < -0.39 is 0 Å². The third-order valence-corrected chi connectivity index (χ3v) is 4.84. The molecule has 1 aromatic rings. The van der Waals surface area contributed by atoms with Crippen LogP contribution < -0.4 is 0 Å². The van der Waals surface area contributed by atoms with E-state index in [0.29, 0.717) is 5.92 Å².